The highest BCUT2D eigenvalue weighted by atomic mass is 35.5. The zero-order valence-corrected chi connectivity index (χ0v) is 13.0. The van der Waals surface area contributed by atoms with Gasteiger partial charge >= 0.3 is 0 Å². The minimum absolute atomic E-state index is 0.0956. The van der Waals surface area contributed by atoms with E-state index in [2.05, 4.69) is 4.72 Å². The zero-order valence-electron chi connectivity index (χ0n) is 10.6. The van der Waals surface area contributed by atoms with Crippen molar-refractivity contribution in [2.45, 2.75) is 9.79 Å². The minimum atomic E-state index is -3.81. The molecular weight excluding hydrogens is 316 g/mol. The second-order valence-electron chi connectivity index (χ2n) is 3.99. The molecule has 0 aliphatic rings. The van der Waals surface area contributed by atoms with Crippen LogP contribution in [-0.2, 0) is 10.0 Å². The maximum absolute atomic E-state index is 12.3. The van der Waals surface area contributed by atoms with Crippen molar-refractivity contribution >= 4 is 44.8 Å². The van der Waals surface area contributed by atoms with E-state index in [0.717, 1.165) is 4.90 Å². The average Bonchev–Trinajstić information content (AvgIpc) is 2.38. The van der Waals surface area contributed by atoms with Crippen LogP contribution in [0.5, 0.6) is 0 Å². The molecule has 20 heavy (non-hydrogen) atoms. The molecule has 0 radical (unpaired) electrons. The summed E-state index contributed by atoms with van der Waals surface area (Å²) in [5.41, 5.74) is 6.28. The Labute approximate surface area is 127 Å². The van der Waals surface area contributed by atoms with E-state index < -0.39 is 10.0 Å². The number of anilines is 2. The molecule has 0 atom stereocenters. The third-order valence-corrected chi connectivity index (χ3v) is 5.28. The first kappa shape index (κ1) is 15.0. The Morgan fingerprint density at radius 2 is 1.80 bits per heavy atom. The Hall–Kier alpha value is -1.37. The number of thioether (sulfide) groups is 1. The van der Waals surface area contributed by atoms with Gasteiger partial charge in [-0.25, -0.2) is 8.42 Å². The number of halogens is 1. The summed E-state index contributed by atoms with van der Waals surface area (Å²) in [6.07, 6.45) is 1.95. The van der Waals surface area contributed by atoms with Crippen molar-refractivity contribution in [1.82, 2.24) is 0 Å². The molecule has 4 nitrogen and oxygen atoms in total. The Bertz CT molecular complexity index is 695. The van der Waals surface area contributed by atoms with Gasteiger partial charge in [-0.3, -0.25) is 4.72 Å². The summed E-state index contributed by atoms with van der Waals surface area (Å²) in [6, 6.07) is 11.6. The second kappa shape index (κ2) is 5.95. The first-order valence-corrected chi connectivity index (χ1v) is 8.73. The number of benzene rings is 2. The molecule has 3 N–H and O–H groups in total. The number of hydrogen-bond donors (Lipinski definition) is 2. The van der Waals surface area contributed by atoms with Crippen LogP contribution in [0, 0.1) is 0 Å². The number of nitrogens with one attached hydrogen (secondary N) is 1. The van der Waals surface area contributed by atoms with Gasteiger partial charge in [-0.05, 0) is 42.7 Å². The Morgan fingerprint density at radius 3 is 2.35 bits per heavy atom. The normalized spacial score (nSPS) is 11.3. The fraction of sp³-hybridized carbons (Fsp3) is 0.0769. The molecule has 2 aromatic rings. The molecular formula is C13H13ClN2O2S2. The van der Waals surface area contributed by atoms with E-state index in [4.69, 9.17) is 17.3 Å². The van der Waals surface area contributed by atoms with Crippen molar-refractivity contribution in [3.8, 4) is 0 Å². The van der Waals surface area contributed by atoms with Crippen LogP contribution in [0.25, 0.3) is 0 Å². The molecule has 2 rings (SSSR count). The summed E-state index contributed by atoms with van der Waals surface area (Å²) in [6.45, 7) is 0. The molecule has 0 heterocycles. The van der Waals surface area contributed by atoms with Gasteiger partial charge in [0.15, 0.2) is 0 Å². The van der Waals surface area contributed by atoms with Gasteiger partial charge in [0.2, 0.25) is 0 Å². The third-order valence-electron chi connectivity index (χ3n) is 2.61. The highest BCUT2D eigenvalue weighted by Crippen LogP contribution is 2.29. The van der Waals surface area contributed by atoms with Crippen LogP contribution in [-0.4, -0.2) is 14.7 Å². The van der Waals surface area contributed by atoms with E-state index in [0.29, 0.717) is 5.69 Å². The number of sulfonamides is 1. The molecule has 0 saturated heterocycles. The van der Waals surface area contributed by atoms with Gasteiger partial charge in [0.25, 0.3) is 10.0 Å². The fourth-order valence-corrected chi connectivity index (χ4v) is 3.82. The average molecular weight is 329 g/mol. The van der Waals surface area contributed by atoms with Gasteiger partial charge in [0, 0.05) is 10.6 Å². The Kier molecular flexibility index (Phi) is 4.47. The molecule has 0 amide bonds. The molecule has 106 valence electrons. The lowest BCUT2D eigenvalue weighted by Crippen LogP contribution is -2.15. The number of nitrogens with two attached hydrogens (primary N) is 1. The molecule has 7 heteroatoms. The Balaban J connectivity index is 2.35. The summed E-state index contributed by atoms with van der Waals surface area (Å²) in [4.78, 5) is 0.945. The monoisotopic (exact) mass is 328 g/mol. The molecule has 0 saturated carbocycles. The number of hydrogen-bond acceptors (Lipinski definition) is 4. The lowest BCUT2D eigenvalue weighted by molar-refractivity contribution is 0.601. The van der Waals surface area contributed by atoms with Gasteiger partial charge in [0.05, 0.1) is 10.7 Å². The van der Waals surface area contributed by atoms with E-state index in [9.17, 15) is 8.42 Å². The lowest BCUT2D eigenvalue weighted by Gasteiger charge is -2.11. The van der Waals surface area contributed by atoms with Crippen molar-refractivity contribution < 1.29 is 8.42 Å². The maximum atomic E-state index is 12.3. The smallest absolute Gasteiger partial charge is 0.265 e. The van der Waals surface area contributed by atoms with Gasteiger partial charge in [-0.2, -0.15) is 0 Å². The second-order valence-corrected chi connectivity index (χ2v) is 6.90. The summed E-state index contributed by atoms with van der Waals surface area (Å²) in [5, 5.41) is 0.0956. The SMILES string of the molecule is CSc1ccc(NS(=O)(=O)c2c(N)cccc2Cl)cc1. The largest absolute Gasteiger partial charge is 0.398 e. The van der Waals surface area contributed by atoms with E-state index in [1.165, 1.54) is 12.1 Å². The maximum Gasteiger partial charge on any atom is 0.265 e. The summed E-state index contributed by atoms with van der Waals surface area (Å²) in [5.74, 6) is 0. The molecule has 2 aromatic carbocycles. The van der Waals surface area contributed by atoms with E-state index in [1.54, 1.807) is 30.0 Å². The van der Waals surface area contributed by atoms with Gasteiger partial charge in [0.1, 0.15) is 4.90 Å². The first-order valence-electron chi connectivity index (χ1n) is 5.65. The van der Waals surface area contributed by atoms with Crippen molar-refractivity contribution in [2.24, 2.45) is 0 Å². The zero-order chi connectivity index (χ0) is 14.8. The number of rotatable bonds is 4. The minimum Gasteiger partial charge on any atom is -0.398 e. The summed E-state index contributed by atoms with van der Waals surface area (Å²) < 4.78 is 27.1. The predicted molar refractivity (Wildman–Crippen MR) is 84.9 cm³/mol. The predicted octanol–water partition coefficient (Wildman–Crippen LogP) is 3.44. The van der Waals surface area contributed by atoms with Crippen molar-refractivity contribution in [2.75, 3.05) is 16.7 Å². The van der Waals surface area contributed by atoms with Crippen molar-refractivity contribution in [1.29, 1.82) is 0 Å². The van der Waals surface area contributed by atoms with Crippen LogP contribution in [0.2, 0.25) is 5.02 Å². The molecule has 0 aliphatic carbocycles. The molecule has 0 fully saturated rings. The molecule has 0 unspecified atom stereocenters. The van der Waals surface area contributed by atoms with Crippen LogP contribution in [0.15, 0.2) is 52.3 Å². The van der Waals surface area contributed by atoms with Crippen LogP contribution in [0.1, 0.15) is 0 Å². The Morgan fingerprint density at radius 1 is 1.15 bits per heavy atom. The topological polar surface area (TPSA) is 72.2 Å². The first-order chi connectivity index (χ1) is 9.44. The van der Waals surface area contributed by atoms with Crippen LogP contribution in [0.4, 0.5) is 11.4 Å². The molecule has 0 aliphatic heterocycles. The highest BCUT2D eigenvalue weighted by molar-refractivity contribution is 7.98. The molecule has 0 bridgehead atoms. The van der Waals surface area contributed by atoms with Crippen molar-refractivity contribution in [3.05, 3.63) is 47.5 Å². The highest BCUT2D eigenvalue weighted by Gasteiger charge is 2.21. The lowest BCUT2D eigenvalue weighted by atomic mass is 10.3. The van der Waals surface area contributed by atoms with Crippen LogP contribution >= 0.6 is 23.4 Å². The summed E-state index contributed by atoms with van der Waals surface area (Å²) in [7, 11) is -3.81. The third kappa shape index (κ3) is 3.20. The summed E-state index contributed by atoms with van der Waals surface area (Å²) >= 11 is 7.50. The van der Waals surface area contributed by atoms with E-state index >= 15 is 0 Å². The quantitative estimate of drug-likeness (QED) is 0.666. The fourth-order valence-electron chi connectivity index (χ4n) is 1.67. The molecule has 0 spiro atoms. The van der Waals surface area contributed by atoms with Gasteiger partial charge in [-0.15, -0.1) is 11.8 Å². The van der Waals surface area contributed by atoms with Gasteiger partial charge < -0.3 is 5.73 Å². The molecule has 0 aromatic heterocycles. The van der Waals surface area contributed by atoms with Gasteiger partial charge in [-0.1, -0.05) is 17.7 Å². The van der Waals surface area contributed by atoms with E-state index in [1.807, 2.05) is 18.4 Å². The number of nitrogen functional groups attached to an aromatic ring is 1. The van der Waals surface area contributed by atoms with E-state index in [-0.39, 0.29) is 15.6 Å². The standard InChI is InChI=1S/C13H13ClN2O2S2/c1-19-10-7-5-9(6-8-10)16-20(17,18)13-11(14)3-2-4-12(13)15/h2-8,16H,15H2,1H3. The van der Waals surface area contributed by atoms with Crippen LogP contribution in [0.3, 0.4) is 0 Å². The van der Waals surface area contributed by atoms with Crippen molar-refractivity contribution in [3.63, 3.8) is 0 Å². The van der Waals surface area contributed by atoms with Crippen LogP contribution < -0.4 is 10.5 Å².